The number of allylic oxidation sites excluding steroid dienone is 5. The van der Waals surface area contributed by atoms with Crippen molar-refractivity contribution >= 4 is 18.1 Å². The molecule has 0 bridgehead atoms. The Balaban J connectivity index is 1.90. The quantitative estimate of drug-likeness (QED) is 0.499. The van der Waals surface area contributed by atoms with Crippen molar-refractivity contribution in [1.82, 2.24) is 10.6 Å². The summed E-state index contributed by atoms with van der Waals surface area (Å²) in [5, 5.41) is 14.3. The lowest BCUT2D eigenvalue weighted by molar-refractivity contribution is -0.137. The van der Waals surface area contributed by atoms with Gasteiger partial charge in [0.1, 0.15) is 6.54 Å². The predicted octanol–water partition coefficient (Wildman–Crippen LogP) is 3.80. The maximum atomic E-state index is 11.6. The molecule has 0 radical (unpaired) electrons. The fourth-order valence-electron chi connectivity index (χ4n) is 3.17. The van der Waals surface area contributed by atoms with Gasteiger partial charge in [-0.1, -0.05) is 55.8 Å². The van der Waals surface area contributed by atoms with E-state index in [0.29, 0.717) is 13.0 Å². The van der Waals surface area contributed by atoms with Crippen LogP contribution in [0.1, 0.15) is 44.7 Å². The Hall–Kier alpha value is -3.15. The van der Waals surface area contributed by atoms with Gasteiger partial charge in [0.25, 0.3) is 0 Å². The highest BCUT2D eigenvalue weighted by atomic mass is 16.4. The Morgan fingerprint density at radius 1 is 1.19 bits per heavy atom. The lowest BCUT2D eigenvalue weighted by Crippen LogP contribution is -2.29. The summed E-state index contributed by atoms with van der Waals surface area (Å²) in [6, 6.07) is 8.06. The van der Waals surface area contributed by atoms with Crippen LogP contribution in [-0.4, -0.2) is 36.8 Å². The van der Waals surface area contributed by atoms with Crippen molar-refractivity contribution in [3.8, 4) is 0 Å². The lowest BCUT2D eigenvalue weighted by atomic mass is 9.76. The van der Waals surface area contributed by atoms with Crippen LogP contribution < -0.4 is 10.6 Å². The van der Waals surface area contributed by atoms with E-state index in [-0.39, 0.29) is 24.3 Å². The zero-order valence-electron chi connectivity index (χ0n) is 18.9. The second-order valence-corrected chi connectivity index (χ2v) is 8.43. The van der Waals surface area contributed by atoms with Crippen molar-refractivity contribution in [3.63, 3.8) is 0 Å². The van der Waals surface area contributed by atoms with Crippen molar-refractivity contribution in [1.29, 1.82) is 0 Å². The fourth-order valence-corrected chi connectivity index (χ4v) is 3.17. The largest absolute Gasteiger partial charge is 0.480 e. The molecule has 0 aromatic heterocycles. The number of benzene rings is 1. The molecule has 6 heteroatoms. The molecule has 0 unspecified atom stereocenters. The highest BCUT2D eigenvalue weighted by Crippen LogP contribution is 2.36. The van der Waals surface area contributed by atoms with Gasteiger partial charge in [-0.3, -0.25) is 14.6 Å². The standard InChI is InChI=1S/C25H33N3O3/c1-18-13-21(11-12-25(18,2)3)22(15-26-4)16-27-14-20-7-5-19(6-8-20)9-10-23(29)28-17-24(30)31/h5-8,11,13,15-16,27H,9-10,12,14,17H2,1-4H3,(H,28,29)(H,30,31). The molecule has 1 aromatic rings. The van der Waals surface area contributed by atoms with Gasteiger partial charge in [-0.25, -0.2) is 0 Å². The summed E-state index contributed by atoms with van der Waals surface area (Å²) in [4.78, 5) is 26.3. The number of hydrogen-bond donors (Lipinski definition) is 3. The Kier molecular flexibility index (Phi) is 8.79. The summed E-state index contributed by atoms with van der Waals surface area (Å²) >= 11 is 0. The Bertz CT molecular complexity index is 906. The van der Waals surface area contributed by atoms with E-state index in [4.69, 9.17) is 5.11 Å². The normalized spacial score (nSPS) is 15.9. The number of aliphatic imine (C=N–C) groups is 1. The van der Waals surface area contributed by atoms with Crippen LogP contribution in [0.2, 0.25) is 0 Å². The van der Waals surface area contributed by atoms with Gasteiger partial charge in [0, 0.05) is 38.0 Å². The highest BCUT2D eigenvalue weighted by molar-refractivity contribution is 5.86. The molecule has 0 fully saturated rings. The molecule has 1 aromatic carbocycles. The first-order chi connectivity index (χ1) is 14.7. The molecule has 0 atom stereocenters. The van der Waals surface area contributed by atoms with E-state index in [0.717, 1.165) is 23.1 Å². The maximum Gasteiger partial charge on any atom is 0.322 e. The molecule has 3 N–H and O–H groups in total. The molecule has 0 heterocycles. The summed E-state index contributed by atoms with van der Waals surface area (Å²) < 4.78 is 0. The average molecular weight is 424 g/mol. The van der Waals surface area contributed by atoms with Crippen LogP contribution in [0.3, 0.4) is 0 Å². The van der Waals surface area contributed by atoms with Gasteiger partial charge in [0.05, 0.1) is 0 Å². The van der Waals surface area contributed by atoms with E-state index >= 15 is 0 Å². The van der Waals surface area contributed by atoms with E-state index in [2.05, 4.69) is 48.5 Å². The molecule has 6 nitrogen and oxygen atoms in total. The van der Waals surface area contributed by atoms with Gasteiger partial charge in [-0.05, 0) is 41.9 Å². The average Bonchev–Trinajstić information content (AvgIpc) is 2.73. The van der Waals surface area contributed by atoms with Crippen molar-refractivity contribution in [2.75, 3.05) is 13.6 Å². The minimum absolute atomic E-state index is 0.198. The van der Waals surface area contributed by atoms with Gasteiger partial charge in [-0.2, -0.15) is 0 Å². The van der Waals surface area contributed by atoms with Crippen LogP contribution in [0.25, 0.3) is 0 Å². The van der Waals surface area contributed by atoms with Gasteiger partial charge in [0.2, 0.25) is 5.91 Å². The molecule has 0 saturated heterocycles. The first-order valence-electron chi connectivity index (χ1n) is 10.5. The van der Waals surface area contributed by atoms with Crippen LogP contribution in [0.5, 0.6) is 0 Å². The number of aryl methyl sites for hydroxylation is 1. The molecular formula is C25H33N3O3. The first-order valence-corrected chi connectivity index (χ1v) is 10.5. The van der Waals surface area contributed by atoms with E-state index < -0.39 is 5.97 Å². The van der Waals surface area contributed by atoms with Crippen molar-refractivity contribution in [2.24, 2.45) is 10.4 Å². The monoisotopic (exact) mass is 423 g/mol. The van der Waals surface area contributed by atoms with Gasteiger partial charge in [0.15, 0.2) is 0 Å². The number of nitrogens with zero attached hydrogens (tertiary/aromatic N) is 1. The zero-order chi connectivity index (χ0) is 22.9. The number of carboxylic acids is 1. The number of rotatable bonds is 10. The molecule has 1 aliphatic rings. The highest BCUT2D eigenvalue weighted by Gasteiger charge is 2.22. The number of nitrogens with one attached hydrogen (secondary N) is 2. The molecule has 2 rings (SSSR count). The second-order valence-electron chi connectivity index (χ2n) is 8.43. The fraction of sp³-hybridized carbons (Fsp3) is 0.400. The van der Waals surface area contributed by atoms with Crippen LogP contribution in [0.15, 0.2) is 64.3 Å². The predicted molar refractivity (Wildman–Crippen MR) is 125 cm³/mol. The third kappa shape index (κ3) is 7.89. The van der Waals surface area contributed by atoms with Crippen LogP contribution in [0.4, 0.5) is 0 Å². The third-order valence-electron chi connectivity index (χ3n) is 5.54. The lowest BCUT2D eigenvalue weighted by Gasteiger charge is -2.29. The SMILES string of the molecule is CN=CC(=CNCc1ccc(CCC(=O)NCC(=O)O)cc1)C1=CCC(C)(C)C(C)=C1. The minimum Gasteiger partial charge on any atom is -0.480 e. The maximum absolute atomic E-state index is 11.6. The molecular weight excluding hydrogens is 390 g/mol. The van der Waals surface area contributed by atoms with E-state index in [1.807, 2.05) is 36.7 Å². The topological polar surface area (TPSA) is 90.8 Å². The minimum atomic E-state index is -1.04. The summed E-state index contributed by atoms with van der Waals surface area (Å²) in [6.07, 6.45) is 10.2. The summed E-state index contributed by atoms with van der Waals surface area (Å²) in [7, 11) is 1.78. The molecule has 0 saturated carbocycles. The Labute approximate surface area is 184 Å². The van der Waals surface area contributed by atoms with E-state index in [1.165, 1.54) is 11.1 Å². The van der Waals surface area contributed by atoms with E-state index in [9.17, 15) is 9.59 Å². The van der Waals surface area contributed by atoms with Crippen molar-refractivity contribution in [2.45, 2.75) is 46.6 Å². The summed E-state index contributed by atoms with van der Waals surface area (Å²) in [5.74, 6) is -1.30. The number of carbonyl (C=O) groups excluding carboxylic acids is 1. The zero-order valence-corrected chi connectivity index (χ0v) is 18.9. The molecule has 1 aliphatic carbocycles. The molecule has 166 valence electrons. The number of aliphatic carboxylic acids is 1. The third-order valence-corrected chi connectivity index (χ3v) is 5.54. The van der Waals surface area contributed by atoms with E-state index in [1.54, 1.807) is 7.05 Å². The Morgan fingerprint density at radius 2 is 1.87 bits per heavy atom. The summed E-state index contributed by atoms with van der Waals surface area (Å²) in [6.45, 7) is 7.04. The Morgan fingerprint density at radius 3 is 2.48 bits per heavy atom. The van der Waals surface area contributed by atoms with Gasteiger partial charge >= 0.3 is 5.97 Å². The van der Waals surface area contributed by atoms with Crippen molar-refractivity contribution < 1.29 is 14.7 Å². The van der Waals surface area contributed by atoms with Crippen LogP contribution >= 0.6 is 0 Å². The molecule has 0 aliphatic heterocycles. The van der Waals surface area contributed by atoms with Crippen molar-refractivity contribution in [3.05, 3.63) is 70.5 Å². The second kappa shape index (κ2) is 11.3. The van der Waals surface area contributed by atoms with Crippen LogP contribution in [0, 0.1) is 5.41 Å². The number of carbonyl (C=O) groups is 2. The summed E-state index contributed by atoms with van der Waals surface area (Å²) in [5.41, 5.74) is 5.98. The van der Waals surface area contributed by atoms with Crippen LogP contribution in [-0.2, 0) is 22.6 Å². The smallest absolute Gasteiger partial charge is 0.322 e. The number of amides is 1. The number of carboxylic acid groups (broad SMARTS) is 1. The van der Waals surface area contributed by atoms with Gasteiger partial charge < -0.3 is 15.7 Å². The molecule has 31 heavy (non-hydrogen) atoms. The first kappa shape index (κ1) is 24.1. The van der Waals surface area contributed by atoms with Gasteiger partial charge in [-0.15, -0.1) is 0 Å². The molecule has 1 amide bonds. The number of hydrogen-bond acceptors (Lipinski definition) is 4. The molecule has 0 spiro atoms.